The SMILES string of the molecule is COC12CC3CC(C1)C(CC(=O)N1CC4CCC(CC4)C1)C(C3)C2. The molecule has 134 valence electrons. The molecule has 0 radical (unpaired) electrons. The molecule has 3 nitrogen and oxygen atoms in total. The zero-order chi connectivity index (χ0) is 16.3. The number of hydrogen-bond acceptors (Lipinski definition) is 2. The summed E-state index contributed by atoms with van der Waals surface area (Å²) in [5.74, 6) is 5.11. The summed E-state index contributed by atoms with van der Waals surface area (Å²) in [6.45, 7) is 2.12. The van der Waals surface area contributed by atoms with Crippen LogP contribution in [0.25, 0.3) is 0 Å². The lowest BCUT2D eigenvalue weighted by Crippen LogP contribution is -2.56. The molecule has 6 bridgehead atoms. The normalized spacial score (nSPS) is 49.5. The van der Waals surface area contributed by atoms with Gasteiger partial charge in [0.05, 0.1) is 5.60 Å². The number of methoxy groups -OCH3 is 1. The average molecular weight is 332 g/mol. The fraction of sp³-hybridized carbons (Fsp3) is 0.952. The van der Waals surface area contributed by atoms with E-state index in [1.54, 1.807) is 0 Å². The molecule has 1 amide bonds. The quantitative estimate of drug-likeness (QED) is 0.786. The van der Waals surface area contributed by atoms with Crippen LogP contribution in [-0.4, -0.2) is 36.6 Å². The van der Waals surface area contributed by atoms with Crippen molar-refractivity contribution in [2.45, 2.75) is 69.8 Å². The molecule has 7 rings (SSSR count). The highest BCUT2D eigenvalue weighted by atomic mass is 16.5. The molecule has 7 fully saturated rings. The van der Waals surface area contributed by atoms with Gasteiger partial charge in [-0.1, -0.05) is 0 Å². The van der Waals surface area contributed by atoms with Crippen molar-refractivity contribution in [3.05, 3.63) is 0 Å². The van der Waals surface area contributed by atoms with E-state index in [-0.39, 0.29) is 5.60 Å². The first kappa shape index (κ1) is 15.7. The summed E-state index contributed by atoms with van der Waals surface area (Å²) in [4.78, 5) is 15.4. The summed E-state index contributed by atoms with van der Waals surface area (Å²) < 4.78 is 5.98. The number of carbonyl (C=O) groups excluding carboxylic acids is 1. The number of nitrogens with zero attached hydrogens (tertiary/aromatic N) is 1. The van der Waals surface area contributed by atoms with Crippen molar-refractivity contribution in [2.24, 2.45) is 35.5 Å². The summed E-state index contributed by atoms with van der Waals surface area (Å²) in [6.07, 6.45) is 12.7. The summed E-state index contributed by atoms with van der Waals surface area (Å²) in [5.41, 5.74) is 0.178. The van der Waals surface area contributed by atoms with E-state index in [0.717, 1.165) is 49.1 Å². The Labute approximate surface area is 146 Å². The average Bonchev–Trinajstić information content (AvgIpc) is 2.91. The first-order valence-electron chi connectivity index (χ1n) is 10.5. The third-order valence-corrected chi connectivity index (χ3v) is 8.53. The van der Waals surface area contributed by atoms with E-state index >= 15 is 0 Å². The molecular weight excluding hydrogens is 298 g/mol. The van der Waals surface area contributed by atoms with Crippen LogP contribution in [-0.2, 0) is 9.53 Å². The number of amides is 1. The lowest BCUT2D eigenvalue weighted by atomic mass is 9.49. The summed E-state index contributed by atoms with van der Waals surface area (Å²) >= 11 is 0. The van der Waals surface area contributed by atoms with E-state index in [2.05, 4.69) is 4.90 Å². The maximum Gasteiger partial charge on any atom is 0.222 e. The van der Waals surface area contributed by atoms with Gasteiger partial charge in [0.1, 0.15) is 0 Å². The van der Waals surface area contributed by atoms with Crippen LogP contribution < -0.4 is 0 Å². The Kier molecular flexibility index (Phi) is 3.74. The first-order chi connectivity index (χ1) is 11.6. The van der Waals surface area contributed by atoms with Crippen molar-refractivity contribution < 1.29 is 9.53 Å². The molecule has 0 aromatic carbocycles. The van der Waals surface area contributed by atoms with Crippen LogP contribution in [0, 0.1) is 35.5 Å². The van der Waals surface area contributed by atoms with Gasteiger partial charge in [0.25, 0.3) is 0 Å². The second-order valence-corrected chi connectivity index (χ2v) is 9.91. The van der Waals surface area contributed by atoms with Crippen molar-refractivity contribution in [3.8, 4) is 0 Å². The van der Waals surface area contributed by atoms with E-state index < -0.39 is 0 Å². The van der Waals surface area contributed by atoms with Gasteiger partial charge in [0, 0.05) is 26.6 Å². The maximum atomic E-state index is 13.1. The van der Waals surface area contributed by atoms with Gasteiger partial charge < -0.3 is 9.64 Å². The lowest BCUT2D eigenvalue weighted by molar-refractivity contribution is -0.174. The van der Waals surface area contributed by atoms with Crippen molar-refractivity contribution in [1.29, 1.82) is 0 Å². The standard InChI is InChI=1S/C21H33NO2/c1-24-21-9-16-6-17(10-21)19(18(7-16)11-21)8-20(23)22-12-14-2-3-15(13-22)5-4-14/h14-19H,2-13H2,1H3. The zero-order valence-electron chi connectivity index (χ0n) is 15.2. The molecule has 0 spiro atoms. The Hall–Kier alpha value is -0.570. The maximum absolute atomic E-state index is 13.1. The molecule has 3 heteroatoms. The molecule has 7 aliphatic rings. The highest BCUT2D eigenvalue weighted by Gasteiger charge is 2.56. The highest BCUT2D eigenvalue weighted by Crippen LogP contribution is 2.60. The molecule has 24 heavy (non-hydrogen) atoms. The second kappa shape index (κ2) is 5.72. The van der Waals surface area contributed by atoms with Gasteiger partial charge in [-0.05, 0) is 93.3 Å². The molecule has 0 aromatic rings. The van der Waals surface area contributed by atoms with Crippen LogP contribution in [0.5, 0.6) is 0 Å². The molecule has 0 N–H and O–H groups in total. The van der Waals surface area contributed by atoms with Crippen LogP contribution in [0.1, 0.15) is 64.2 Å². The third-order valence-electron chi connectivity index (χ3n) is 8.53. The van der Waals surface area contributed by atoms with E-state index in [0.29, 0.717) is 11.8 Å². The molecule has 2 unspecified atom stereocenters. The second-order valence-electron chi connectivity index (χ2n) is 9.91. The Morgan fingerprint density at radius 3 is 2.08 bits per heavy atom. The number of fused-ring (bicyclic) bond motifs is 4. The Morgan fingerprint density at radius 2 is 1.54 bits per heavy atom. The van der Waals surface area contributed by atoms with Gasteiger partial charge in [0.2, 0.25) is 5.91 Å². The smallest absolute Gasteiger partial charge is 0.222 e. The molecule has 5 aliphatic carbocycles. The van der Waals surface area contributed by atoms with Crippen molar-refractivity contribution in [2.75, 3.05) is 20.2 Å². The Bertz CT molecular complexity index is 480. The minimum Gasteiger partial charge on any atom is -0.378 e. The van der Waals surface area contributed by atoms with Crippen molar-refractivity contribution in [3.63, 3.8) is 0 Å². The van der Waals surface area contributed by atoms with Gasteiger partial charge >= 0.3 is 0 Å². The minimum atomic E-state index is 0.178. The third kappa shape index (κ3) is 2.53. The first-order valence-corrected chi connectivity index (χ1v) is 10.5. The number of rotatable bonds is 3. The van der Waals surface area contributed by atoms with Crippen molar-refractivity contribution >= 4 is 5.91 Å². The van der Waals surface area contributed by atoms with Crippen LogP contribution in [0.2, 0.25) is 0 Å². The number of hydrogen-bond donors (Lipinski definition) is 0. The van der Waals surface area contributed by atoms with Gasteiger partial charge in [-0.15, -0.1) is 0 Å². The minimum absolute atomic E-state index is 0.178. The van der Waals surface area contributed by atoms with E-state index in [1.807, 2.05) is 7.11 Å². The fourth-order valence-electron chi connectivity index (χ4n) is 7.47. The van der Waals surface area contributed by atoms with E-state index in [4.69, 9.17) is 4.74 Å². The van der Waals surface area contributed by atoms with Gasteiger partial charge in [0.15, 0.2) is 0 Å². The van der Waals surface area contributed by atoms with Crippen LogP contribution >= 0.6 is 0 Å². The lowest BCUT2D eigenvalue weighted by Gasteiger charge is -2.59. The molecule has 5 saturated carbocycles. The van der Waals surface area contributed by atoms with Gasteiger partial charge in [-0.3, -0.25) is 4.79 Å². The van der Waals surface area contributed by atoms with E-state index in [1.165, 1.54) is 57.8 Å². The highest BCUT2D eigenvalue weighted by molar-refractivity contribution is 5.76. The van der Waals surface area contributed by atoms with Crippen LogP contribution in [0.4, 0.5) is 0 Å². The predicted molar refractivity (Wildman–Crippen MR) is 93.4 cm³/mol. The monoisotopic (exact) mass is 331 g/mol. The predicted octanol–water partition coefficient (Wildman–Crippen LogP) is 3.87. The number of ether oxygens (including phenoxy) is 1. The Balaban J connectivity index is 1.28. The topological polar surface area (TPSA) is 29.5 Å². The van der Waals surface area contributed by atoms with Crippen LogP contribution in [0.3, 0.4) is 0 Å². The molecule has 2 saturated heterocycles. The summed E-state index contributed by atoms with van der Waals surface area (Å²) in [5, 5.41) is 0. The molecule has 2 atom stereocenters. The van der Waals surface area contributed by atoms with Gasteiger partial charge in [-0.2, -0.15) is 0 Å². The summed E-state index contributed by atoms with van der Waals surface area (Å²) in [7, 11) is 1.92. The molecule has 2 heterocycles. The zero-order valence-corrected chi connectivity index (χ0v) is 15.2. The van der Waals surface area contributed by atoms with Crippen LogP contribution in [0.15, 0.2) is 0 Å². The molecular formula is C21H33NO2. The van der Waals surface area contributed by atoms with Crippen molar-refractivity contribution in [1.82, 2.24) is 4.90 Å². The van der Waals surface area contributed by atoms with E-state index in [9.17, 15) is 4.79 Å². The largest absolute Gasteiger partial charge is 0.378 e. The van der Waals surface area contributed by atoms with Gasteiger partial charge in [-0.25, -0.2) is 0 Å². The fourth-order valence-corrected chi connectivity index (χ4v) is 7.47. The number of carbonyl (C=O) groups is 1. The molecule has 0 aromatic heterocycles. The Morgan fingerprint density at radius 1 is 0.958 bits per heavy atom. The summed E-state index contributed by atoms with van der Waals surface area (Å²) in [6, 6.07) is 0. The molecule has 2 aliphatic heterocycles.